The molecule has 0 aliphatic carbocycles. The average Bonchev–Trinajstić information content (AvgIpc) is 2.40. The summed E-state index contributed by atoms with van der Waals surface area (Å²) in [5.74, 6) is 0.451. The van der Waals surface area contributed by atoms with Gasteiger partial charge in [0, 0.05) is 11.9 Å². The minimum absolute atomic E-state index is 0.101. The van der Waals surface area contributed by atoms with Gasteiger partial charge in [-0.1, -0.05) is 18.2 Å². The van der Waals surface area contributed by atoms with Gasteiger partial charge >= 0.3 is 0 Å². The predicted molar refractivity (Wildman–Crippen MR) is 76.7 cm³/mol. The Morgan fingerprint density at radius 1 is 1.16 bits per heavy atom. The third-order valence-electron chi connectivity index (χ3n) is 3.11. The number of amides is 1. The molecule has 0 aliphatic heterocycles. The van der Waals surface area contributed by atoms with Crippen LogP contribution in [-0.2, 0) is 10.2 Å². The van der Waals surface area contributed by atoms with E-state index in [1.807, 2.05) is 32.0 Å². The fourth-order valence-corrected chi connectivity index (χ4v) is 1.74. The smallest absolute Gasteiger partial charge is 0.235 e. The Morgan fingerprint density at radius 2 is 1.84 bits per heavy atom. The van der Waals surface area contributed by atoms with E-state index in [4.69, 9.17) is 5.73 Å². The highest BCUT2D eigenvalue weighted by Gasteiger charge is 2.29. The highest BCUT2D eigenvalue weighted by atomic mass is 16.2. The van der Waals surface area contributed by atoms with Gasteiger partial charge in [-0.25, -0.2) is 4.98 Å². The number of aromatic nitrogens is 1. The summed E-state index contributed by atoms with van der Waals surface area (Å²) in [4.78, 5) is 16.4. The van der Waals surface area contributed by atoms with Gasteiger partial charge in [-0.05, 0) is 43.7 Å². The summed E-state index contributed by atoms with van der Waals surface area (Å²) in [6.07, 6.45) is 1.64. The van der Waals surface area contributed by atoms with Crippen molar-refractivity contribution in [2.45, 2.75) is 19.3 Å². The zero-order valence-electron chi connectivity index (χ0n) is 11.1. The molecule has 1 amide bonds. The number of benzene rings is 1. The van der Waals surface area contributed by atoms with Gasteiger partial charge in [0.2, 0.25) is 5.91 Å². The molecule has 4 heteroatoms. The van der Waals surface area contributed by atoms with Gasteiger partial charge in [0.25, 0.3) is 0 Å². The van der Waals surface area contributed by atoms with Crippen molar-refractivity contribution >= 4 is 17.4 Å². The van der Waals surface area contributed by atoms with E-state index in [9.17, 15) is 4.79 Å². The van der Waals surface area contributed by atoms with Crippen LogP contribution in [0.5, 0.6) is 0 Å². The number of nitrogens with two attached hydrogens (primary N) is 1. The van der Waals surface area contributed by atoms with Gasteiger partial charge in [0.15, 0.2) is 0 Å². The zero-order chi connectivity index (χ0) is 13.9. The molecule has 1 aromatic heterocycles. The Labute approximate surface area is 112 Å². The maximum absolute atomic E-state index is 12.3. The van der Waals surface area contributed by atoms with Crippen molar-refractivity contribution in [1.29, 1.82) is 0 Å². The summed E-state index contributed by atoms with van der Waals surface area (Å²) < 4.78 is 0. The fourth-order valence-electron chi connectivity index (χ4n) is 1.74. The van der Waals surface area contributed by atoms with E-state index >= 15 is 0 Å². The lowest BCUT2D eigenvalue weighted by Gasteiger charge is -2.24. The molecule has 19 heavy (non-hydrogen) atoms. The minimum Gasteiger partial charge on any atom is -0.399 e. The van der Waals surface area contributed by atoms with Crippen LogP contribution in [0.1, 0.15) is 19.4 Å². The lowest BCUT2D eigenvalue weighted by Crippen LogP contribution is -2.34. The number of hydrogen-bond donors (Lipinski definition) is 2. The van der Waals surface area contributed by atoms with Crippen molar-refractivity contribution in [3.8, 4) is 0 Å². The molecule has 0 saturated heterocycles. The lowest BCUT2D eigenvalue weighted by atomic mass is 9.83. The van der Waals surface area contributed by atoms with Crippen LogP contribution in [0.4, 0.5) is 11.5 Å². The van der Waals surface area contributed by atoms with E-state index in [1.165, 1.54) is 0 Å². The van der Waals surface area contributed by atoms with Gasteiger partial charge in [-0.2, -0.15) is 0 Å². The second kappa shape index (κ2) is 5.10. The molecule has 0 atom stereocenters. The second-order valence-corrected chi connectivity index (χ2v) is 4.92. The molecule has 1 heterocycles. The van der Waals surface area contributed by atoms with Gasteiger partial charge in [-0.3, -0.25) is 4.79 Å². The average molecular weight is 255 g/mol. The van der Waals surface area contributed by atoms with Crippen molar-refractivity contribution in [2.24, 2.45) is 0 Å². The summed E-state index contributed by atoms with van der Waals surface area (Å²) >= 11 is 0. The Morgan fingerprint density at radius 3 is 2.42 bits per heavy atom. The topological polar surface area (TPSA) is 68.0 Å². The predicted octanol–water partition coefficient (Wildman–Crippen LogP) is 2.58. The third kappa shape index (κ3) is 2.91. The highest BCUT2D eigenvalue weighted by molar-refractivity contribution is 5.97. The largest absolute Gasteiger partial charge is 0.399 e. The zero-order valence-corrected chi connectivity index (χ0v) is 11.1. The molecule has 4 nitrogen and oxygen atoms in total. The molecule has 0 radical (unpaired) electrons. The number of carbonyl (C=O) groups excluding carboxylic acids is 1. The normalized spacial score (nSPS) is 11.1. The van der Waals surface area contributed by atoms with E-state index in [1.54, 1.807) is 30.5 Å². The molecule has 3 N–H and O–H groups in total. The molecule has 1 aromatic carbocycles. The first-order chi connectivity index (χ1) is 9.00. The van der Waals surface area contributed by atoms with Crippen LogP contribution in [0.25, 0.3) is 0 Å². The minimum atomic E-state index is -0.648. The first kappa shape index (κ1) is 13.1. The van der Waals surface area contributed by atoms with Gasteiger partial charge in [-0.15, -0.1) is 0 Å². The molecule has 0 bridgehead atoms. The number of pyridine rings is 1. The number of nitrogens with one attached hydrogen (secondary N) is 1. The van der Waals surface area contributed by atoms with Crippen molar-refractivity contribution in [3.05, 3.63) is 54.2 Å². The van der Waals surface area contributed by atoms with Crippen molar-refractivity contribution < 1.29 is 4.79 Å². The number of nitrogens with zero attached hydrogens (tertiary/aromatic N) is 1. The van der Waals surface area contributed by atoms with Crippen molar-refractivity contribution in [2.75, 3.05) is 11.1 Å². The fraction of sp³-hybridized carbons (Fsp3) is 0.200. The van der Waals surface area contributed by atoms with E-state index in [-0.39, 0.29) is 5.91 Å². The van der Waals surface area contributed by atoms with E-state index in [2.05, 4.69) is 10.3 Å². The van der Waals surface area contributed by atoms with E-state index in [0.717, 1.165) is 5.56 Å². The Balaban J connectivity index is 2.19. The van der Waals surface area contributed by atoms with Crippen LogP contribution in [0.2, 0.25) is 0 Å². The quantitative estimate of drug-likeness (QED) is 0.828. The first-order valence-electron chi connectivity index (χ1n) is 6.08. The van der Waals surface area contributed by atoms with Crippen molar-refractivity contribution in [3.63, 3.8) is 0 Å². The molecule has 0 spiro atoms. The summed E-state index contributed by atoms with van der Waals surface area (Å²) in [6.45, 7) is 3.74. The lowest BCUT2D eigenvalue weighted by molar-refractivity contribution is -0.120. The molecule has 2 aromatic rings. The molecule has 2 rings (SSSR count). The number of nitrogen functional groups attached to an aromatic ring is 1. The van der Waals surface area contributed by atoms with Gasteiger partial charge in [0.05, 0.1) is 5.41 Å². The number of rotatable bonds is 3. The molecular weight excluding hydrogens is 238 g/mol. The summed E-state index contributed by atoms with van der Waals surface area (Å²) in [5, 5.41) is 2.81. The summed E-state index contributed by atoms with van der Waals surface area (Å²) in [6, 6.07) is 12.7. The third-order valence-corrected chi connectivity index (χ3v) is 3.11. The monoisotopic (exact) mass is 255 g/mol. The molecular formula is C15H17N3O. The molecule has 0 fully saturated rings. The Bertz CT molecular complexity index is 562. The molecule has 0 aliphatic rings. The molecule has 0 unspecified atom stereocenters. The Kier molecular flexibility index (Phi) is 3.51. The maximum atomic E-state index is 12.3. The highest BCUT2D eigenvalue weighted by Crippen LogP contribution is 2.25. The summed E-state index contributed by atoms with van der Waals surface area (Å²) in [5.41, 5.74) is 6.61. The molecule has 98 valence electrons. The van der Waals surface area contributed by atoms with Crippen LogP contribution < -0.4 is 11.1 Å². The van der Waals surface area contributed by atoms with Crippen molar-refractivity contribution in [1.82, 2.24) is 4.98 Å². The SMILES string of the molecule is CC(C)(C(=O)Nc1ccccn1)c1ccc(N)cc1. The molecule has 0 saturated carbocycles. The number of carbonyl (C=O) groups is 1. The number of anilines is 2. The Hall–Kier alpha value is -2.36. The van der Waals surface area contributed by atoms with E-state index < -0.39 is 5.41 Å². The maximum Gasteiger partial charge on any atom is 0.235 e. The van der Waals surface area contributed by atoms with Crippen LogP contribution >= 0.6 is 0 Å². The van der Waals surface area contributed by atoms with Crippen LogP contribution in [0, 0.1) is 0 Å². The van der Waals surface area contributed by atoms with Crippen LogP contribution in [0.15, 0.2) is 48.7 Å². The van der Waals surface area contributed by atoms with Gasteiger partial charge in [0.1, 0.15) is 5.82 Å². The van der Waals surface area contributed by atoms with Crippen LogP contribution in [-0.4, -0.2) is 10.9 Å². The summed E-state index contributed by atoms with van der Waals surface area (Å²) in [7, 11) is 0. The van der Waals surface area contributed by atoms with E-state index in [0.29, 0.717) is 11.5 Å². The second-order valence-electron chi connectivity index (χ2n) is 4.92. The van der Waals surface area contributed by atoms with Crippen LogP contribution in [0.3, 0.4) is 0 Å². The standard InChI is InChI=1S/C15H17N3O/c1-15(2,11-6-8-12(16)9-7-11)14(19)18-13-5-3-4-10-17-13/h3-10H,16H2,1-2H3,(H,17,18,19). The first-order valence-corrected chi connectivity index (χ1v) is 6.08. The van der Waals surface area contributed by atoms with Gasteiger partial charge < -0.3 is 11.1 Å². The number of hydrogen-bond acceptors (Lipinski definition) is 3.